The Hall–Kier alpha value is -1.71. The normalized spacial score (nSPS) is 11.8. The van der Waals surface area contributed by atoms with Crippen LogP contribution in [-0.4, -0.2) is 15.2 Å². The molecule has 4 heteroatoms. The highest BCUT2D eigenvalue weighted by atomic mass is 15.2. The summed E-state index contributed by atoms with van der Waals surface area (Å²) in [6.07, 6.45) is 1.99. The van der Waals surface area contributed by atoms with Crippen LogP contribution in [-0.2, 0) is 12.5 Å². The zero-order valence-corrected chi connectivity index (χ0v) is 10.2. The maximum Gasteiger partial charge on any atom is 0.251 e. The second-order valence-electron chi connectivity index (χ2n) is 4.95. The van der Waals surface area contributed by atoms with E-state index in [4.69, 9.17) is 0 Å². The van der Waals surface area contributed by atoms with Crippen LogP contribution in [0.1, 0.15) is 26.6 Å². The Morgan fingerprint density at radius 1 is 1.25 bits per heavy atom. The Morgan fingerprint density at radius 2 is 2.00 bits per heavy atom. The van der Waals surface area contributed by atoms with Gasteiger partial charge in [0.25, 0.3) is 5.69 Å². The van der Waals surface area contributed by atoms with Crippen LogP contribution in [0.3, 0.4) is 0 Å². The minimum atomic E-state index is -0.00139. The van der Waals surface area contributed by atoms with E-state index in [1.807, 2.05) is 36.0 Å². The Bertz CT molecular complexity index is 494. The molecule has 0 saturated heterocycles. The molecule has 84 valence electrons. The fourth-order valence-corrected chi connectivity index (χ4v) is 1.47. The number of aromatic amines is 1. The van der Waals surface area contributed by atoms with E-state index in [-0.39, 0.29) is 5.41 Å². The van der Waals surface area contributed by atoms with Gasteiger partial charge in [0.05, 0.1) is 0 Å². The molecule has 0 unspecified atom stereocenters. The van der Waals surface area contributed by atoms with Gasteiger partial charge in [0.15, 0.2) is 6.20 Å². The van der Waals surface area contributed by atoms with Crippen LogP contribution in [0.5, 0.6) is 0 Å². The van der Waals surface area contributed by atoms with Gasteiger partial charge in [-0.15, -0.1) is 5.10 Å². The molecule has 0 aliphatic rings. The SMILES string of the molecule is C[n+]1ccccc1-c1n[nH]c(C(C)(C)C)n1. The number of hydrogen-bond acceptors (Lipinski definition) is 2. The molecular weight excluding hydrogens is 200 g/mol. The average Bonchev–Trinajstić information content (AvgIpc) is 2.66. The Balaban J connectivity index is 2.44. The lowest BCUT2D eigenvalue weighted by Gasteiger charge is -2.12. The number of hydrogen-bond donors (Lipinski definition) is 1. The summed E-state index contributed by atoms with van der Waals surface area (Å²) in [6.45, 7) is 6.34. The topological polar surface area (TPSA) is 45.5 Å². The molecule has 0 atom stereocenters. The molecule has 0 aliphatic carbocycles. The highest BCUT2D eigenvalue weighted by molar-refractivity contribution is 5.43. The predicted octanol–water partition coefficient (Wildman–Crippen LogP) is 1.59. The summed E-state index contributed by atoms with van der Waals surface area (Å²) in [7, 11) is 1.99. The van der Waals surface area contributed by atoms with E-state index in [0.29, 0.717) is 0 Å². The van der Waals surface area contributed by atoms with E-state index < -0.39 is 0 Å². The van der Waals surface area contributed by atoms with Crippen LogP contribution < -0.4 is 4.57 Å². The second kappa shape index (κ2) is 3.70. The van der Waals surface area contributed by atoms with Gasteiger partial charge in [0, 0.05) is 17.5 Å². The van der Waals surface area contributed by atoms with Crippen molar-refractivity contribution in [1.29, 1.82) is 0 Å². The largest absolute Gasteiger partial charge is 0.262 e. The summed E-state index contributed by atoms with van der Waals surface area (Å²) in [5.41, 5.74) is 1.01. The van der Waals surface area contributed by atoms with Crippen LogP contribution in [0, 0.1) is 0 Å². The van der Waals surface area contributed by atoms with Gasteiger partial charge in [0.1, 0.15) is 12.9 Å². The number of aryl methyl sites for hydroxylation is 1. The summed E-state index contributed by atoms with van der Waals surface area (Å²) in [6, 6.07) is 5.99. The molecule has 0 fully saturated rings. The van der Waals surface area contributed by atoms with E-state index in [9.17, 15) is 0 Å². The molecule has 16 heavy (non-hydrogen) atoms. The first kappa shape index (κ1) is 10.8. The van der Waals surface area contributed by atoms with E-state index in [1.54, 1.807) is 0 Å². The van der Waals surface area contributed by atoms with Crippen molar-refractivity contribution in [2.24, 2.45) is 7.05 Å². The van der Waals surface area contributed by atoms with Crippen molar-refractivity contribution in [3.8, 4) is 11.5 Å². The third kappa shape index (κ3) is 1.96. The van der Waals surface area contributed by atoms with Crippen molar-refractivity contribution < 1.29 is 4.57 Å². The van der Waals surface area contributed by atoms with Crippen LogP contribution >= 0.6 is 0 Å². The molecule has 2 aromatic rings. The maximum absolute atomic E-state index is 4.53. The zero-order valence-electron chi connectivity index (χ0n) is 10.2. The quantitative estimate of drug-likeness (QED) is 0.737. The highest BCUT2D eigenvalue weighted by Crippen LogP contribution is 2.19. The van der Waals surface area contributed by atoms with Gasteiger partial charge in [-0.2, -0.15) is 4.57 Å². The summed E-state index contributed by atoms with van der Waals surface area (Å²) >= 11 is 0. The van der Waals surface area contributed by atoms with Gasteiger partial charge in [-0.05, 0) is 6.07 Å². The van der Waals surface area contributed by atoms with Crippen molar-refractivity contribution in [1.82, 2.24) is 15.2 Å². The molecule has 2 rings (SSSR count). The van der Waals surface area contributed by atoms with Gasteiger partial charge < -0.3 is 0 Å². The van der Waals surface area contributed by atoms with E-state index in [1.165, 1.54) is 0 Å². The number of aromatic nitrogens is 4. The molecule has 0 amide bonds. The Labute approximate surface area is 95.4 Å². The number of nitrogens with zero attached hydrogens (tertiary/aromatic N) is 3. The standard InChI is InChI=1S/C12H16N4/c1-12(2,3)11-13-10(14-15-11)9-7-5-6-8-16(9)4/h5-8H,1-4H3/p+1. The third-order valence-corrected chi connectivity index (χ3v) is 2.48. The van der Waals surface area contributed by atoms with Gasteiger partial charge in [-0.3, -0.25) is 5.10 Å². The molecule has 1 N–H and O–H groups in total. The van der Waals surface area contributed by atoms with E-state index in [0.717, 1.165) is 17.3 Å². The lowest BCUT2D eigenvalue weighted by Crippen LogP contribution is -2.30. The lowest BCUT2D eigenvalue weighted by molar-refractivity contribution is -0.660. The molecule has 0 bridgehead atoms. The molecule has 0 aliphatic heterocycles. The van der Waals surface area contributed by atoms with Crippen molar-refractivity contribution in [3.63, 3.8) is 0 Å². The zero-order chi connectivity index (χ0) is 11.8. The van der Waals surface area contributed by atoms with Crippen molar-refractivity contribution in [2.45, 2.75) is 26.2 Å². The fraction of sp³-hybridized carbons (Fsp3) is 0.417. The molecule has 2 aromatic heterocycles. The fourth-order valence-electron chi connectivity index (χ4n) is 1.47. The Kier molecular flexibility index (Phi) is 2.50. The van der Waals surface area contributed by atoms with Crippen LogP contribution in [0.2, 0.25) is 0 Å². The highest BCUT2D eigenvalue weighted by Gasteiger charge is 2.21. The van der Waals surface area contributed by atoms with Crippen LogP contribution in [0.15, 0.2) is 24.4 Å². The van der Waals surface area contributed by atoms with Gasteiger partial charge in [0.2, 0.25) is 5.82 Å². The number of pyridine rings is 1. The molecule has 2 heterocycles. The number of rotatable bonds is 1. The molecule has 0 saturated carbocycles. The van der Waals surface area contributed by atoms with Crippen LogP contribution in [0.25, 0.3) is 11.5 Å². The first-order valence-corrected chi connectivity index (χ1v) is 5.36. The first-order chi connectivity index (χ1) is 7.48. The van der Waals surface area contributed by atoms with Crippen molar-refractivity contribution in [2.75, 3.05) is 0 Å². The number of H-pyrrole nitrogens is 1. The van der Waals surface area contributed by atoms with E-state index >= 15 is 0 Å². The monoisotopic (exact) mass is 217 g/mol. The predicted molar refractivity (Wildman–Crippen MR) is 61.7 cm³/mol. The summed E-state index contributed by atoms with van der Waals surface area (Å²) in [4.78, 5) is 4.53. The molecular formula is C12H17N4+. The summed E-state index contributed by atoms with van der Waals surface area (Å²) in [5.74, 6) is 1.65. The van der Waals surface area contributed by atoms with E-state index in [2.05, 4.69) is 36.0 Å². The lowest BCUT2D eigenvalue weighted by atomic mass is 9.96. The smallest absolute Gasteiger partial charge is 0.251 e. The third-order valence-electron chi connectivity index (χ3n) is 2.48. The summed E-state index contributed by atoms with van der Waals surface area (Å²) in [5, 5.41) is 7.25. The van der Waals surface area contributed by atoms with Gasteiger partial charge in [-0.1, -0.05) is 20.8 Å². The van der Waals surface area contributed by atoms with Gasteiger partial charge >= 0.3 is 0 Å². The molecule has 4 nitrogen and oxygen atoms in total. The average molecular weight is 217 g/mol. The molecule has 0 spiro atoms. The number of nitrogens with one attached hydrogen (secondary N) is 1. The van der Waals surface area contributed by atoms with Crippen LogP contribution in [0.4, 0.5) is 0 Å². The minimum Gasteiger partial charge on any atom is -0.262 e. The molecule has 0 radical (unpaired) electrons. The van der Waals surface area contributed by atoms with Crippen molar-refractivity contribution in [3.05, 3.63) is 30.2 Å². The second-order valence-corrected chi connectivity index (χ2v) is 4.95. The van der Waals surface area contributed by atoms with Crippen molar-refractivity contribution >= 4 is 0 Å². The first-order valence-electron chi connectivity index (χ1n) is 5.36. The molecule has 0 aromatic carbocycles. The summed E-state index contributed by atoms with van der Waals surface area (Å²) < 4.78 is 2.01. The van der Waals surface area contributed by atoms with Gasteiger partial charge in [-0.25, -0.2) is 4.98 Å². The minimum absolute atomic E-state index is 0.00139. The Morgan fingerprint density at radius 3 is 2.56 bits per heavy atom. The maximum atomic E-state index is 4.53.